The van der Waals surface area contributed by atoms with Gasteiger partial charge in [-0.15, -0.1) is 0 Å². The Balaban J connectivity index is 1.40. The van der Waals surface area contributed by atoms with E-state index in [0.29, 0.717) is 28.4 Å². The number of ether oxygens (including phenoxy) is 1. The van der Waals surface area contributed by atoms with Gasteiger partial charge in [-0.1, -0.05) is 12.1 Å². The SMILES string of the molecule is O=C(Nc1ccc(Oc2ncnc3c2oc2ccccc23)cc1)c1ccco1. The van der Waals surface area contributed by atoms with Gasteiger partial charge in [-0.3, -0.25) is 4.79 Å². The first-order valence-electron chi connectivity index (χ1n) is 8.53. The number of hydrogen-bond donors (Lipinski definition) is 1. The van der Waals surface area contributed by atoms with Crippen LogP contribution in [0.25, 0.3) is 22.1 Å². The van der Waals surface area contributed by atoms with Crippen molar-refractivity contribution in [3.05, 3.63) is 79.0 Å². The summed E-state index contributed by atoms with van der Waals surface area (Å²) in [5, 5.41) is 3.65. The second-order valence-corrected chi connectivity index (χ2v) is 6.01. The lowest BCUT2D eigenvalue weighted by molar-refractivity contribution is 0.0996. The number of rotatable bonds is 4. The van der Waals surface area contributed by atoms with Crippen molar-refractivity contribution in [1.29, 1.82) is 0 Å². The van der Waals surface area contributed by atoms with Crippen LogP contribution in [0.4, 0.5) is 5.69 Å². The summed E-state index contributed by atoms with van der Waals surface area (Å²) >= 11 is 0. The Morgan fingerprint density at radius 2 is 1.82 bits per heavy atom. The maximum absolute atomic E-state index is 12.0. The first-order valence-corrected chi connectivity index (χ1v) is 8.53. The number of benzene rings is 2. The summed E-state index contributed by atoms with van der Waals surface area (Å²) in [6.45, 7) is 0. The molecule has 0 aliphatic carbocycles. The van der Waals surface area contributed by atoms with Crippen molar-refractivity contribution in [2.24, 2.45) is 0 Å². The van der Waals surface area contributed by atoms with Gasteiger partial charge in [0.25, 0.3) is 11.8 Å². The van der Waals surface area contributed by atoms with Crippen LogP contribution in [0.3, 0.4) is 0 Å². The number of carbonyl (C=O) groups excluding carboxylic acids is 1. The summed E-state index contributed by atoms with van der Waals surface area (Å²) in [6.07, 6.45) is 2.89. The number of nitrogens with one attached hydrogen (secondary N) is 1. The number of para-hydroxylation sites is 1. The van der Waals surface area contributed by atoms with E-state index in [0.717, 1.165) is 11.0 Å². The van der Waals surface area contributed by atoms with Crippen molar-refractivity contribution in [2.45, 2.75) is 0 Å². The monoisotopic (exact) mass is 371 g/mol. The number of anilines is 1. The number of carbonyl (C=O) groups is 1. The summed E-state index contributed by atoms with van der Waals surface area (Å²) < 4.78 is 16.8. The zero-order valence-corrected chi connectivity index (χ0v) is 14.5. The lowest BCUT2D eigenvalue weighted by Crippen LogP contribution is -2.10. The van der Waals surface area contributed by atoms with Crippen LogP contribution in [0.2, 0.25) is 0 Å². The molecule has 0 aliphatic heterocycles. The van der Waals surface area contributed by atoms with Crippen LogP contribution in [0.5, 0.6) is 11.6 Å². The van der Waals surface area contributed by atoms with Crippen LogP contribution in [0.15, 0.2) is 82.1 Å². The fourth-order valence-electron chi connectivity index (χ4n) is 2.89. The van der Waals surface area contributed by atoms with Gasteiger partial charge in [-0.25, -0.2) is 4.98 Å². The Morgan fingerprint density at radius 3 is 2.64 bits per heavy atom. The minimum absolute atomic E-state index is 0.244. The normalized spacial score (nSPS) is 11.0. The van der Waals surface area contributed by atoms with E-state index >= 15 is 0 Å². The van der Waals surface area contributed by atoms with E-state index in [1.807, 2.05) is 24.3 Å². The number of fused-ring (bicyclic) bond motifs is 3. The molecule has 136 valence electrons. The third-order valence-corrected chi connectivity index (χ3v) is 4.20. The fraction of sp³-hybridized carbons (Fsp3) is 0. The maximum Gasteiger partial charge on any atom is 0.291 e. The van der Waals surface area contributed by atoms with Gasteiger partial charge in [-0.2, -0.15) is 4.98 Å². The predicted octanol–water partition coefficient (Wildman–Crippen LogP) is 5.01. The van der Waals surface area contributed by atoms with Crippen molar-refractivity contribution in [1.82, 2.24) is 9.97 Å². The minimum Gasteiger partial charge on any atom is -0.459 e. The quantitative estimate of drug-likeness (QED) is 0.477. The smallest absolute Gasteiger partial charge is 0.291 e. The van der Waals surface area contributed by atoms with Crippen LogP contribution in [0.1, 0.15) is 10.6 Å². The first-order chi connectivity index (χ1) is 13.8. The summed E-state index contributed by atoms with van der Waals surface area (Å²) in [4.78, 5) is 20.5. The summed E-state index contributed by atoms with van der Waals surface area (Å²) in [5.41, 5.74) is 2.52. The van der Waals surface area contributed by atoms with Gasteiger partial charge in [0.15, 0.2) is 5.76 Å². The average Bonchev–Trinajstić information content (AvgIpc) is 3.38. The molecule has 5 rings (SSSR count). The highest BCUT2D eigenvalue weighted by Crippen LogP contribution is 2.33. The van der Waals surface area contributed by atoms with Crippen LogP contribution in [-0.4, -0.2) is 15.9 Å². The van der Waals surface area contributed by atoms with E-state index in [1.165, 1.54) is 12.6 Å². The average molecular weight is 371 g/mol. The Hall–Kier alpha value is -4.13. The third-order valence-electron chi connectivity index (χ3n) is 4.20. The Labute approximate surface area is 158 Å². The molecule has 0 spiro atoms. The van der Waals surface area contributed by atoms with E-state index in [2.05, 4.69) is 15.3 Å². The van der Waals surface area contributed by atoms with Crippen LogP contribution in [-0.2, 0) is 0 Å². The Bertz CT molecular complexity index is 1270. The Kier molecular flexibility index (Phi) is 3.76. The molecule has 5 aromatic rings. The molecule has 0 saturated heterocycles. The van der Waals surface area contributed by atoms with Gasteiger partial charge >= 0.3 is 0 Å². The summed E-state index contributed by atoms with van der Waals surface area (Å²) in [5.74, 6) is 0.803. The van der Waals surface area contributed by atoms with Gasteiger partial charge in [0.2, 0.25) is 5.58 Å². The highest BCUT2D eigenvalue weighted by atomic mass is 16.5. The van der Waals surface area contributed by atoms with Crippen molar-refractivity contribution < 1.29 is 18.4 Å². The number of amides is 1. The van der Waals surface area contributed by atoms with Crippen molar-refractivity contribution in [3.63, 3.8) is 0 Å². The molecule has 0 aliphatic rings. The van der Waals surface area contributed by atoms with Crippen LogP contribution < -0.4 is 10.1 Å². The van der Waals surface area contributed by atoms with E-state index in [4.69, 9.17) is 13.6 Å². The summed E-state index contributed by atoms with van der Waals surface area (Å²) in [7, 11) is 0. The Morgan fingerprint density at radius 1 is 0.964 bits per heavy atom. The second-order valence-electron chi connectivity index (χ2n) is 6.01. The zero-order valence-electron chi connectivity index (χ0n) is 14.5. The molecule has 0 atom stereocenters. The van der Waals surface area contributed by atoms with Crippen molar-refractivity contribution in [2.75, 3.05) is 5.32 Å². The molecule has 7 nitrogen and oxygen atoms in total. The molecular formula is C21H13N3O4. The maximum atomic E-state index is 12.0. The molecule has 2 aromatic carbocycles. The summed E-state index contributed by atoms with van der Waals surface area (Å²) in [6, 6.07) is 17.8. The molecule has 1 N–H and O–H groups in total. The van der Waals surface area contributed by atoms with Gasteiger partial charge in [0.05, 0.1) is 6.26 Å². The predicted molar refractivity (Wildman–Crippen MR) is 102 cm³/mol. The molecule has 0 bridgehead atoms. The number of nitrogens with zero attached hydrogens (tertiary/aromatic N) is 2. The number of aromatic nitrogens is 2. The van der Waals surface area contributed by atoms with Crippen molar-refractivity contribution >= 4 is 33.7 Å². The largest absolute Gasteiger partial charge is 0.459 e. The van der Waals surface area contributed by atoms with Crippen molar-refractivity contribution in [3.8, 4) is 11.6 Å². The van der Waals surface area contributed by atoms with E-state index in [9.17, 15) is 4.79 Å². The second kappa shape index (κ2) is 6.55. The molecule has 0 unspecified atom stereocenters. The molecular weight excluding hydrogens is 358 g/mol. The van der Waals surface area contributed by atoms with Gasteiger partial charge in [-0.05, 0) is 48.5 Å². The van der Waals surface area contributed by atoms with Gasteiger partial charge in [0.1, 0.15) is 23.2 Å². The van der Waals surface area contributed by atoms with Crippen LogP contribution in [0, 0.1) is 0 Å². The van der Waals surface area contributed by atoms with E-state index < -0.39 is 0 Å². The standard InChI is InChI=1S/C21H13N3O4/c25-20(17-6-3-11-26-17)24-13-7-9-14(10-8-13)27-21-19-18(22-12-23-21)15-4-1-2-5-16(15)28-19/h1-12H,(H,24,25). The van der Waals surface area contributed by atoms with Gasteiger partial charge < -0.3 is 18.9 Å². The third kappa shape index (κ3) is 2.84. The van der Waals surface area contributed by atoms with Gasteiger partial charge in [0, 0.05) is 11.1 Å². The molecule has 0 radical (unpaired) electrons. The lowest BCUT2D eigenvalue weighted by atomic mass is 10.2. The number of hydrogen-bond acceptors (Lipinski definition) is 6. The minimum atomic E-state index is -0.321. The molecule has 0 saturated carbocycles. The molecule has 28 heavy (non-hydrogen) atoms. The zero-order chi connectivity index (χ0) is 18.9. The van der Waals surface area contributed by atoms with E-state index in [1.54, 1.807) is 36.4 Å². The first kappa shape index (κ1) is 16.1. The molecule has 3 aromatic heterocycles. The molecule has 0 fully saturated rings. The fourth-order valence-corrected chi connectivity index (χ4v) is 2.89. The molecule has 1 amide bonds. The number of furan rings is 2. The molecule has 3 heterocycles. The molecule has 7 heteroatoms. The van der Waals surface area contributed by atoms with Crippen LogP contribution >= 0.6 is 0 Å². The highest BCUT2D eigenvalue weighted by Gasteiger charge is 2.15. The topological polar surface area (TPSA) is 90.4 Å². The lowest BCUT2D eigenvalue weighted by Gasteiger charge is -2.07. The van der Waals surface area contributed by atoms with E-state index in [-0.39, 0.29) is 11.7 Å². The highest BCUT2D eigenvalue weighted by molar-refractivity contribution is 6.04.